The average molecular weight is 155 g/mol. The van der Waals surface area contributed by atoms with Gasteiger partial charge in [0.2, 0.25) is 0 Å². The van der Waals surface area contributed by atoms with E-state index in [0.717, 1.165) is 15.0 Å². The molecule has 0 spiro atoms. The number of fused-ring (bicyclic) bond motifs is 1. The Morgan fingerprint density at radius 1 is 1.00 bits per heavy atom. The molecule has 2 rings (SSSR count). The van der Waals surface area contributed by atoms with Crippen LogP contribution in [0.1, 0.15) is 0 Å². The normalized spacial score (nSPS) is 13.1. The zero-order valence-electron chi connectivity index (χ0n) is 3.72. The molecule has 1 aliphatic rings. The topological polar surface area (TPSA) is 0 Å². The SMILES string of the molecule is c1ccc2c(c1)[Se]2. The molecule has 7 heavy (non-hydrogen) atoms. The van der Waals surface area contributed by atoms with Crippen molar-refractivity contribution in [2.75, 3.05) is 0 Å². The van der Waals surface area contributed by atoms with Gasteiger partial charge in [-0.15, -0.1) is 0 Å². The second-order valence-electron chi connectivity index (χ2n) is 1.55. The molecule has 1 aromatic carbocycles. The molecule has 0 fully saturated rings. The summed E-state index contributed by atoms with van der Waals surface area (Å²) in [6, 6.07) is 8.62. The van der Waals surface area contributed by atoms with E-state index in [9.17, 15) is 0 Å². The second-order valence-corrected chi connectivity index (χ2v) is 3.82. The molecule has 1 heterocycles. The molecule has 0 bridgehead atoms. The van der Waals surface area contributed by atoms with Crippen molar-refractivity contribution < 1.29 is 0 Å². The summed E-state index contributed by atoms with van der Waals surface area (Å²) in [4.78, 5) is 0. The number of benzene rings is 1. The van der Waals surface area contributed by atoms with Crippen molar-refractivity contribution in [1.82, 2.24) is 0 Å². The third-order valence-electron chi connectivity index (χ3n) is 1.03. The number of hydrogen-bond acceptors (Lipinski definition) is 0. The van der Waals surface area contributed by atoms with E-state index in [1.807, 2.05) is 0 Å². The first-order valence-corrected chi connectivity index (χ1v) is 3.95. The molecular weight excluding hydrogens is 151 g/mol. The van der Waals surface area contributed by atoms with Gasteiger partial charge in [0.15, 0.2) is 0 Å². The maximum absolute atomic E-state index is 2.20. The molecule has 34 valence electrons. The van der Waals surface area contributed by atoms with Crippen molar-refractivity contribution in [1.29, 1.82) is 0 Å². The predicted octanol–water partition coefficient (Wildman–Crippen LogP) is -0.345. The van der Waals surface area contributed by atoms with Crippen molar-refractivity contribution in [3.63, 3.8) is 0 Å². The monoisotopic (exact) mass is 156 g/mol. The van der Waals surface area contributed by atoms with Crippen LogP contribution in [0.3, 0.4) is 0 Å². The van der Waals surface area contributed by atoms with E-state index in [0.29, 0.717) is 0 Å². The molecule has 0 saturated heterocycles. The van der Waals surface area contributed by atoms with Gasteiger partial charge in [0, 0.05) is 0 Å². The summed E-state index contributed by atoms with van der Waals surface area (Å²) in [7, 11) is 0. The van der Waals surface area contributed by atoms with Crippen LogP contribution in [0.15, 0.2) is 24.3 Å². The van der Waals surface area contributed by atoms with E-state index in [4.69, 9.17) is 0 Å². The Bertz CT molecular complexity index is 172. The van der Waals surface area contributed by atoms with Crippen LogP contribution in [0, 0.1) is 0 Å². The van der Waals surface area contributed by atoms with Crippen molar-refractivity contribution in [2.45, 2.75) is 0 Å². The van der Waals surface area contributed by atoms with Crippen molar-refractivity contribution in [3.05, 3.63) is 24.3 Å². The van der Waals surface area contributed by atoms with Crippen LogP contribution >= 0.6 is 0 Å². The van der Waals surface area contributed by atoms with Crippen molar-refractivity contribution >= 4 is 23.9 Å². The van der Waals surface area contributed by atoms with Gasteiger partial charge in [0.25, 0.3) is 0 Å². The molecule has 1 aromatic rings. The summed E-state index contributed by atoms with van der Waals surface area (Å²) >= 11 is 0.781. The van der Waals surface area contributed by atoms with Gasteiger partial charge in [-0.25, -0.2) is 0 Å². The van der Waals surface area contributed by atoms with E-state index in [1.54, 1.807) is 8.92 Å². The van der Waals surface area contributed by atoms with Crippen LogP contribution in [0.25, 0.3) is 0 Å². The molecule has 0 unspecified atom stereocenters. The number of rotatable bonds is 0. The molecule has 0 nitrogen and oxygen atoms in total. The van der Waals surface area contributed by atoms with Gasteiger partial charge in [0.1, 0.15) is 0 Å². The second kappa shape index (κ2) is 1.12. The zero-order valence-corrected chi connectivity index (χ0v) is 5.43. The molecule has 0 N–H and O–H groups in total. The molecule has 0 amide bonds. The third kappa shape index (κ3) is 0.495. The van der Waals surface area contributed by atoms with E-state index in [2.05, 4.69) is 24.3 Å². The first-order valence-electron chi connectivity index (χ1n) is 2.24. The fourth-order valence-corrected chi connectivity index (χ4v) is 1.90. The van der Waals surface area contributed by atoms with Gasteiger partial charge in [0.05, 0.1) is 0 Å². The minimum atomic E-state index is 0.781. The van der Waals surface area contributed by atoms with Crippen LogP contribution in [0.4, 0.5) is 0 Å². The predicted molar refractivity (Wildman–Crippen MR) is 31.5 cm³/mol. The van der Waals surface area contributed by atoms with Crippen molar-refractivity contribution in [2.24, 2.45) is 0 Å². The summed E-state index contributed by atoms with van der Waals surface area (Å²) in [5.74, 6) is 0. The third-order valence-corrected chi connectivity index (χ3v) is 3.02. The zero-order chi connectivity index (χ0) is 4.69. The first kappa shape index (κ1) is 3.71. The maximum atomic E-state index is 2.20. The minimum absolute atomic E-state index is 0.781. The summed E-state index contributed by atoms with van der Waals surface area (Å²) in [6.07, 6.45) is 0. The first-order chi connectivity index (χ1) is 3.47. The Morgan fingerprint density at radius 2 is 1.57 bits per heavy atom. The molecule has 1 aliphatic heterocycles. The fourth-order valence-electron chi connectivity index (χ4n) is 0.611. The van der Waals surface area contributed by atoms with E-state index in [-0.39, 0.29) is 0 Å². The molecule has 0 atom stereocenters. The van der Waals surface area contributed by atoms with Gasteiger partial charge >= 0.3 is 48.1 Å². The molecule has 0 aromatic heterocycles. The van der Waals surface area contributed by atoms with Crippen LogP contribution < -0.4 is 8.92 Å². The van der Waals surface area contributed by atoms with E-state index < -0.39 is 0 Å². The fraction of sp³-hybridized carbons (Fsp3) is 0. The summed E-state index contributed by atoms with van der Waals surface area (Å²) < 4.78 is 3.19. The quantitative estimate of drug-likeness (QED) is 0.456. The van der Waals surface area contributed by atoms with E-state index in [1.165, 1.54) is 0 Å². The standard InChI is InChI=1S/C6H4Se/c1-2-4-6-5(3-1)7-6/h1-4H. The molecule has 0 radical (unpaired) electrons. The Balaban J connectivity index is 2.73. The number of hydrogen-bond donors (Lipinski definition) is 0. The Labute approximate surface area is 48.7 Å². The van der Waals surface area contributed by atoms with Gasteiger partial charge in [-0.05, 0) is 0 Å². The Hall–Kier alpha value is -0.261. The molecule has 0 saturated carbocycles. The Kier molecular flexibility index (Phi) is 0.592. The van der Waals surface area contributed by atoms with Crippen LogP contribution in [0.2, 0.25) is 0 Å². The summed E-state index contributed by atoms with van der Waals surface area (Å²) in [5.41, 5.74) is 0. The van der Waals surface area contributed by atoms with E-state index >= 15 is 0 Å². The van der Waals surface area contributed by atoms with Crippen LogP contribution in [-0.2, 0) is 0 Å². The van der Waals surface area contributed by atoms with Crippen LogP contribution in [0.5, 0.6) is 0 Å². The molecule has 0 aliphatic carbocycles. The molecule has 1 heteroatoms. The van der Waals surface area contributed by atoms with Crippen molar-refractivity contribution in [3.8, 4) is 0 Å². The van der Waals surface area contributed by atoms with Gasteiger partial charge < -0.3 is 0 Å². The average Bonchev–Trinajstić information content (AvgIpc) is 2.41. The van der Waals surface area contributed by atoms with Crippen LogP contribution in [-0.4, -0.2) is 15.0 Å². The summed E-state index contributed by atoms with van der Waals surface area (Å²) in [5, 5.41) is 0. The van der Waals surface area contributed by atoms with Gasteiger partial charge in [-0.1, -0.05) is 0 Å². The molecular formula is C6H4Se. The summed E-state index contributed by atoms with van der Waals surface area (Å²) in [6.45, 7) is 0. The Morgan fingerprint density at radius 3 is 2.00 bits per heavy atom. The van der Waals surface area contributed by atoms with Gasteiger partial charge in [-0.2, -0.15) is 0 Å². The van der Waals surface area contributed by atoms with Gasteiger partial charge in [-0.3, -0.25) is 0 Å².